The molecular formula is C19H29ClN2O4. The van der Waals surface area contributed by atoms with Crippen molar-refractivity contribution in [2.24, 2.45) is 0 Å². The Hall–Kier alpha value is -1.95. The Labute approximate surface area is 160 Å². The van der Waals surface area contributed by atoms with Crippen molar-refractivity contribution in [3.63, 3.8) is 0 Å². The van der Waals surface area contributed by atoms with Gasteiger partial charge in [0.2, 0.25) is 5.91 Å². The van der Waals surface area contributed by atoms with Crippen LogP contribution in [0.3, 0.4) is 0 Å². The standard InChI is InChI=1S/C19H29ClN2O4/c1-18(2,3)26-17(24)21-13-19(4,5)22-16(23)11-8-12-25-15-10-7-6-9-14(15)20/h6-7,9-10H,8,11-13H2,1-5H3,(H,21,24)(H,22,23). The van der Waals surface area contributed by atoms with E-state index in [9.17, 15) is 9.59 Å². The van der Waals surface area contributed by atoms with Crippen molar-refractivity contribution in [3.05, 3.63) is 29.3 Å². The molecule has 0 spiro atoms. The van der Waals surface area contributed by atoms with E-state index >= 15 is 0 Å². The van der Waals surface area contributed by atoms with Crippen molar-refractivity contribution < 1.29 is 19.1 Å². The van der Waals surface area contributed by atoms with Gasteiger partial charge in [0.15, 0.2) is 0 Å². The van der Waals surface area contributed by atoms with E-state index in [2.05, 4.69) is 10.6 Å². The topological polar surface area (TPSA) is 76.7 Å². The normalized spacial score (nSPS) is 11.6. The fourth-order valence-electron chi connectivity index (χ4n) is 2.07. The first kappa shape index (κ1) is 22.1. The molecule has 0 atom stereocenters. The number of amides is 2. The monoisotopic (exact) mass is 384 g/mol. The van der Waals surface area contributed by atoms with E-state index in [0.29, 0.717) is 30.2 Å². The third kappa shape index (κ3) is 9.51. The molecule has 0 saturated heterocycles. The Morgan fingerprint density at radius 1 is 1.12 bits per heavy atom. The predicted octanol–water partition coefficient (Wildman–Crippen LogP) is 3.92. The molecule has 0 aliphatic carbocycles. The lowest BCUT2D eigenvalue weighted by molar-refractivity contribution is -0.122. The number of rotatable bonds is 8. The second kappa shape index (κ2) is 9.67. The first-order valence-electron chi connectivity index (χ1n) is 8.64. The number of ether oxygens (including phenoxy) is 2. The summed E-state index contributed by atoms with van der Waals surface area (Å²) in [6, 6.07) is 7.21. The number of benzene rings is 1. The first-order chi connectivity index (χ1) is 12.0. The van der Waals surface area contributed by atoms with Crippen LogP contribution >= 0.6 is 11.6 Å². The Morgan fingerprint density at radius 3 is 2.38 bits per heavy atom. The molecule has 2 N–H and O–H groups in total. The van der Waals surface area contributed by atoms with Gasteiger partial charge in [-0.2, -0.15) is 0 Å². The van der Waals surface area contributed by atoms with Crippen molar-refractivity contribution in [1.82, 2.24) is 10.6 Å². The van der Waals surface area contributed by atoms with Gasteiger partial charge in [-0.3, -0.25) is 4.79 Å². The maximum Gasteiger partial charge on any atom is 0.407 e. The molecule has 0 bridgehead atoms. The second-order valence-electron chi connectivity index (χ2n) is 7.67. The zero-order chi connectivity index (χ0) is 19.8. The number of para-hydroxylation sites is 1. The van der Waals surface area contributed by atoms with Crippen molar-refractivity contribution in [2.45, 2.75) is 58.6 Å². The van der Waals surface area contributed by atoms with Crippen molar-refractivity contribution in [2.75, 3.05) is 13.2 Å². The Morgan fingerprint density at radius 2 is 1.77 bits per heavy atom. The molecule has 6 nitrogen and oxygen atoms in total. The molecule has 0 aromatic heterocycles. The Kier molecular flexibility index (Phi) is 8.21. The van der Waals surface area contributed by atoms with Crippen LogP contribution in [-0.4, -0.2) is 36.3 Å². The highest BCUT2D eigenvalue weighted by Crippen LogP contribution is 2.23. The minimum Gasteiger partial charge on any atom is -0.492 e. The highest BCUT2D eigenvalue weighted by Gasteiger charge is 2.23. The van der Waals surface area contributed by atoms with Crippen LogP contribution in [0.1, 0.15) is 47.5 Å². The zero-order valence-electron chi connectivity index (χ0n) is 16.1. The lowest BCUT2D eigenvalue weighted by Crippen LogP contribution is -2.52. The molecule has 1 rings (SSSR count). The molecular weight excluding hydrogens is 356 g/mol. The van der Waals surface area contributed by atoms with Crippen LogP contribution in [0, 0.1) is 0 Å². The molecule has 0 aliphatic rings. The first-order valence-corrected chi connectivity index (χ1v) is 9.01. The highest BCUT2D eigenvalue weighted by molar-refractivity contribution is 6.32. The molecule has 2 amide bonds. The molecule has 1 aromatic carbocycles. The number of nitrogens with one attached hydrogen (secondary N) is 2. The van der Waals surface area contributed by atoms with Crippen molar-refractivity contribution in [1.29, 1.82) is 0 Å². The number of carbonyl (C=O) groups excluding carboxylic acids is 2. The van der Waals surface area contributed by atoms with Gasteiger partial charge in [0.25, 0.3) is 0 Å². The lowest BCUT2D eigenvalue weighted by Gasteiger charge is -2.27. The van der Waals surface area contributed by atoms with E-state index in [1.54, 1.807) is 32.9 Å². The van der Waals surface area contributed by atoms with Gasteiger partial charge in [-0.15, -0.1) is 0 Å². The molecule has 0 heterocycles. The highest BCUT2D eigenvalue weighted by atomic mass is 35.5. The number of alkyl carbamates (subject to hydrolysis) is 1. The minimum absolute atomic E-state index is 0.108. The smallest absolute Gasteiger partial charge is 0.407 e. The molecule has 0 aliphatic heterocycles. The molecule has 1 aromatic rings. The number of hydrogen-bond donors (Lipinski definition) is 2. The molecule has 0 saturated carbocycles. The van der Waals surface area contributed by atoms with Crippen molar-refractivity contribution >= 4 is 23.6 Å². The minimum atomic E-state index is -0.586. The third-order valence-corrected chi connectivity index (χ3v) is 3.51. The quantitative estimate of drug-likeness (QED) is 0.666. The van der Waals surface area contributed by atoms with E-state index < -0.39 is 17.2 Å². The lowest BCUT2D eigenvalue weighted by atomic mass is 10.1. The van der Waals surface area contributed by atoms with Gasteiger partial charge in [-0.05, 0) is 53.2 Å². The molecule has 7 heteroatoms. The maximum absolute atomic E-state index is 12.1. The zero-order valence-corrected chi connectivity index (χ0v) is 16.9. The van der Waals surface area contributed by atoms with Crippen molar-refractivity contribution in [3.8, 4) is 5.75 Å². The fourth-order valence-corrected chi connectivity index (χ4v) is 2.26. The summed E-state index contributed by atoms with van der Waals surface area (Å²) in [5.41, 5.74) is -1.14. The van der Waals surface area contributed by atoms with E-state index in [1.165, 1.54) is 0 Å². The van der Waals surface area contributed by atoms with Gasteiger partial charge in [-0.25, -0.2) is 4.79 Å². The molecule has 0 unspecified atom stereocenters. The molecule has 0 fully saturated rings. The summed E-state index contributed by atoms with van der Waals surface area (Å²) in [5.74, 6) is 0.500. The number of hydrogen-bond acceptors (Lipinski definition) is 4. The van der Waals surface area contributed by atoms with Crippen LogP contribution < -0.4 is 15.4 Å². The Balaban J connectivity index is 2.28. The van der Waals surface area contributed by atoms with Gasteiger partial charge in [-0.1, -0.05) is 23.7 Å². The number of halogens is 1. The van der Waals surface area contributed by atoms with Gasteiger partial charge < -0.3 is 20.1 Å². The predicted molar refractivity (Wildman–Crippen MR) is 103 cm³/mol. The van der Waals surface area contributed by atoms with E-state index in [4.69, 9.17) is 21.1 Å². The molecule has 146 valence electrons. The summed E-state index contributed by atoms with van der Waals surface area (Å²) < 4.78 is 10.7. The fraction of sp³-hybridized carbons (Fsp3) is 0.579. The summed E-state index contributed by atoms with van der Waals surface area (Å²) in [5, 5.41) is 6.11. The maximum atomic E-state index is 12.1. The summed E-state index contributed by atoms with van der Waals surface area (Å²) in [7, 11) is 0. The summed E-state index contributed by atoms with van der Waals surface area (Å²) >= 11 is 6.00. The number of carbonyl (C=O) groups is 2. The summed E-state index contributed by atoms with van der Waals surface area (Å²) in [6.07, 6.45) is 0.375. The Bertz CT molecular complexity index is 612. The van der Waals surface area contributed by atoms with E-state index in [0.717, 1.165) is 0 Å². The largest absolute Gasteiger partial charge is 0.492 e. The second-order valence-corrected chi connectivity index (χ2v) is 8.08. The van der Waals surface area contributed by atoms with Crippen LogP contribution in [0.2, 0.25) is 5.02 Å². The van der Waals surface area contributed by atoms with Gasteiger partial charge in [0.05, 0.1) is 17.2 Å². The van der Waals surface area contributed by atoms with Gasteiger partial charge in [0, 0.05) is 13.0 Å². The third-order valence-electron chi connectivity index (χ3n) is 3.19. The van der Waals surface area contributed by atoms with Crippen LogP contribution in [0.4, 0.5) is 4.79 Å². The van der Waals surface area contributed by atoms with Crippen LogP contribution in [0.25, 0.3) is 0 Å². The molecule has 26 heavy (non-hydrogen) atoms. The van der Waals surface area contributed by atoms with E-state index in [1.807, 2.05) is 26.0 Å². The average Bonchev–Trinajstić information content (AvgIpc) is 2.49. The molecule has 0 radical (unpaired) electrons. The van der Waals surface area contributed by atoms with Crippen LogP contribution in [0.15, 0.2) is 24.3 Å². The summed E-state index contributed by atoms with van der Waals surface area (Å²) in [6.45, 7) is 9.72. The van der Waals surface area contributed by atoms with E-state index in [-0.39, 0.29) is 12.5 Å². The SMILES string of the molecule is CC(C)(CNC(=O)OC(C)(C)C)NC(=O)CCCOc1ccccc1Cl. The van der Waals surface area contributed by atoms with Gasteiger partial charge >= 0.3 is 6.09 Å². The van der Waals surface area contributed by atoms with Crippen LogP contribution in [-0.2, 0) is 9.53 Å². The summed E-state index contributed by atoms with van der Waals surface area (Å²) in [4.78, 5) is 23.8. The van der Waals surface area contributed by atoms with Crippen LogP contribution in [0.5, 0.6) is 5.75 Å². The van der Waals surface area contributed by atoms with Gasteiger partial charge in [0.1, 0.15) is 11.4 Å². The average molecular weight is 385 g/mol.